The van der Waals surface area contributed by atoms with Gasteiger partial charge in [0.25, 0.3) is 6.43 Å². The van der Waals surface area contributed by atoms with Crippen LogP contribution in [-0.4, -0.2) is 17.1 Å². The predicted octanol–water partition coefficient (Wildman–Crippen LogP) is 2.34. The number of halogens is 2. The molecule has 0 aromatic rings. The Morgan fingerprint density at radius 1 is 1.00 bits per heavy atom. The van der Waals surface area contributed by atoms with Gasteiger partial charge in [0.2, 0.25) is 0 Å². The number of hydrogen-bond donors (Lipinski definition) is 1. The molecular weight excluding hydrogens is 150 g/mol. The Labute approximate surface area is 65.4 Å². The lowest BCUT2D eigenvalue weighted by Crippen LogP contribution is -2.36. The van der Waals surface area contributed by atoms with Gasteiger partial charge in [0.05, 0.1) is 0 Å². The summed E-state index contributed by atoms with van der Waals surface area (Å²) >= 11 is 0. The maximum Gasteiger partial charge on any atom is 0.266 e. The van der Waals surface area contributed by atoms with Crippen LogP contribution < -0.4 is 0 Å². The molecule has 0 aromatic heterocycles. The van der Waals surface area contributed by atoms with Crippen molar-refractivity contribution in [3.05, 3.63) is 0 Å². The van der Waals surface area contributed by atoms with Gasteiger partial charge in [-0.25, -0.2) is 8.78 Å². The Hall–Kier alpha value is -0.180. The van der Waals surface area contributed by atoms with Crippen LogP contribution in [0.25, 0.3) is 0 Å². The molecule has 1 nitrogen and oxygen atoms in total. The van der Waals surface area contributed by atoms with Crippen molar-refractivity contribution < 1.29 is 13.9 Å². The van der Waals surface area contributed by atoms with E-state index in [1.54, 1.807) is 0 Å². The van der Waals surface area contributed by atoms with Crippen LogP contribution >= 0.6 is 0 Å². The van der Waals surface area contributed by atoms with Gasteiger partial charge in [-0.1, -0.05) is 25.7 Å². The second-order valence-electron chi connectivity index (χ2n) is 3.32. The van der Waals surface area contributed by atoms with Gasteiger partial charge < -0.3 is 5.11 Å². The van der Waals surface area contributed by atoms with Crippen molar-refractivity contribution >= 4 is 0 Å². The van der Waals surface area contributed by atoms with Gasteiger partial charge in [-0.15, -0.1) is 0 Å². The smallest absolute Gasteiger partial charge is 0.266 e. The van der Waals surface area contributed by atoms with E-state index in [2.05, 4.69) is 0 Å². The summed E-state index contributed by atoms with van der Waals surface area (Å²) in [6, 6.07) is 0. The molecule has 1 N–H and O–H groups in total. The van der Waals surface area contributed by atoms with Crippen molar-refractivity contribution in [3.63, 3.8) is 0 Å². The third kappa shape index (κ3) is 2.12. The van der Waals surface area contributed by atoms with Crippen LogP contribution in [0.2, 0.25) is 0 Å². The van der Waals surface area contributed by atoms with Crippen molar-refractivity contribution in [2.24, 2.45) is 0 Å². The summed E-state index contributed by atoms with van der Waals surface area (Å²) in [5.74, 6) is 0. The highest BCUT2D eigenvalue weighted by Gasteiger charge is 2.37. The van der Waals surface area contributed by atoms with E-state index in [4.69, 9.17) is 0 Å². The first kappa shape index (κ1) is 8.91. The van der Waals surface area contributed by atoms with E-state index in [-0.39, 0.29) is 12.8 Å². The first-order valence-electron chi connectivity index (χ1n) is 4.16. The van der Waals surface area contributed by atoms with Crippen molar-refractivity contribution in [1.82, 2.24) is 0 Å². The number of aliphatic hydroxyl groups is 1. The molecule has 11 heavy (non-hydrogen) atoms. The Bertz CT molecular complexity index is 117. The molecule has 1 rings (SSSR count). The summed E-state index contributed by atoms with van der Waals surface area (Å²) in [7, 11) is 0. The molecule has 0 heterocycles. The lowest BCUT2D eigenvalue weighted by atomic mass is 9.95. The van der Waals surface area contributed by atoms with Crippen LogP contribution in [0.4, 0.5) is 8.78 Å². The van der Waals surface area contributed by atoms with Crippen LogP contribution in [0, 0.1) is 0 Å². The topological polar surface area (TPSA) is 20.2 Å². The quantitative estimate of drug-likeness (QED) is 0.590. The number of hydrogen-bond acceptors (Lipinski definition) is 1. The summed E-state index contributed by atoms with van der Waals surface area (Å²) in [5, 5.41) is 9.38. The van der Waals surface area contributed by atoms with E-state index in [1.165, 1.54) is 0 Å². The zero-order chi connectivity index (χ0) is 8.32. The summed E-state index contributed by atoms with van der Waals surface area (Å²) in [4.78, 5) is 0. The molecule has 1 aliphatic carbocycles. The van der Waals surface area contributed by atoms with E-state index in [0.717, 1.165) is 25.7 Å². The number of rotatable bonds is 1. The Balaban J connectivity index is 2.52. The van der Waals surface area contributed by atoms with Crippen molar-refractivity contribution in [3.8, 4) is 0 Å². The highest BCUT2D eigenvalue weighted by molar-refractivity contribution is 4.83. The highest BCUT2D eigenvalue weighted by Crippen LogP contribution is 2.31. The van der Waals surface area contributed by atoms with Gasteiger partial charge in [-0.05, 0) is 12.8 Å². The molecule has 66 valence electrons. The highest BCUT2D eigenvalue weighted by atomic mass is 19.3. The predicted molar refractivity (Wildman–Crippen MR) is 38.7 cm³/mol. The van der Waals surface area contributed by atoms with Gasteiger partial charge in [0.1, 0.15) is 5.60 Å². The molecule has 0 saturated heterocycles. The lowest BCUT2D eigenvalue weighted by Gasteiger charge is -2.24. The van der Waals surface area contributed by atoms with Crippen LogP contribution in [0.5, 0.6) is 0 Å². The summed E-state index contributed by atoms with van der Waals surface area (Å²) in [6.07, 6.45) is 1.40. The molecule has 0 radical (unpaired) electrons. The monoisotopic (exact) mass is 164 g/mol. The van der Waals surface area contributed by atoms with Crippen LogP contribution in [0.3, 0.4) is 0 Å². The third-order valence-corrected chi connectivity index (χ3v) is 2.38. The third-order valence-electron chi connectivity index (χ3n) is 2.38. The SMILES string of the molecule is OC1(C(F)F)CCCCCC1. The van der Waals surface area contributed by atoms with Crippen LogP contribution in [-0.2, 0) is 0 Å². The van der Waals surface area contributed by atoms with Gasteiger partial charge in [-0.2, -0.15) is 0 Å². The van der Waals surface area contributed by atoms with E-state index >= 15 is 0 Å². The minimum Gasteiger partial charge on any atom is -0.384 e. The Morgan fingerprint density at radius 2 is 1.45 bits per heavy atom. The zero-order valence-electron chi connectivity index (χ0n) is 6.52. The fraction of sp³-hybridized carbons (Fsp3) is 1.00. The maximum absolute atomic E-state index is 12.2. The molecule has 0 spiro atoms. The number of alkyl halides is 2. The Kier molecular flexibility index (Phi) is 2.82. The minimum absolute atomic E-state index is 0.269. The zero-order valence-corrected chi connectivity index (χ0v) is 6.52. The molecule has 3 heteroatoms. The standard InChI is InChI=1S/C8H14F2O/c9-7(10)8(11)5-3-1-2-4-6-8/h7,11H,1-6H2. The van der Waals surface area contributed by atoms with Crippen molar-refractivity contribution in [2.45, 2.75) is 50.6 Å². The molecular formula is C8H14F2O. The van der Waals surface area contributed by atoms with Crippen molar-refractivity contribution in [1.29, 1.82) is 0 Å². The first-order chi connectivity index (χ1) is 5.15. The fourth-order valence-corrected chi connectivity index (χ4v) is 1.56. The average molecular weight is 164 g/mol. The second-order valence-corrected chi connectivity index (χ2v) is 3.32. The van der Waals surface area contributed by atoms with Crippen LogP contribution in [0.15, 0.2) is 0 Å². The minimum atomic E-state index is -2.57. The molecule has 0 amide bonds. The summed E-state index contributed by atoms with van der Waals surface area (Å²) < 4.78 is 24.5. The van der Waals surface area contributed by atoms with Gasteiger partial charge >= 0.3 is 0 Å². The molecule has 1 fully saturated rings. The molecule has 1 aliphatic rings. The average Bonchev–Trinajstić information content (AvgIpc) is 2.15. The summed E-state index contributed by atoms with van der Waals surface area (Å²) in [5.41, 5.74) is -1.67. The molecule has 0 unspecified atom stereocenters. The molecule has 0 aliphatic heterocycles. The van der Waals surface area contributed by atoms with Gasteiger partial charge in [0.15, 0.2) is 0 Å². The Morgan fingerprint density at radius 3 is 1.82 bits per heavy atom. The van der Waals surface area contributed by atoms with E-state index < -0.39 is 12.0 Å². The molecule has 0 atom stereocenters. The molecule has 0 bridgehead atoms. The van der Waals surface area contributed by atoms with Gasteiger partial charge in [-0.3, -0.25) is 0 Å². The van der Waals surface area contributed by atoms with Crippen molar-refractivity contribution in [2.75, 3.05) is 0 Å². The fourth-order valence-electron chi connectivity index (χ4n) is 1.56. The van der Waals surface area contributed by atoms with Gasteiger partial charge in [0, 0.05) is 0 Å². The van der Waals surface area contributed by atoms with Crippen LogP contribution in [0.1, 0.15) is 38.5 Å². The largest absolute Gasteiger partial charge is 0.384 e. The lowest BCUT2D eigenvalue weighted by molar-refractivity contribution is -0.104. The second kappa shape index (κ2) is 3.48. The first-order valence-corrected chi connectivity index (χ1v) is 4.16. The maximum atomic E-state index is 12.2. The van der Waals surface area contributed by atoms with E-state index in [0.29, 0.717) is 0 Å². The summed E-state index contributed by atoms with van der Waals surface area (Å²) in [6.45, 7) is 0. The van der Waals surface area contributed by atoms with E-state index in [1.807, 2.05) is 0 Å². The normalized spacial score (nSPS) is 25.1. The van der Waals surface area contributed by atoms with E-state index in [9.17, 15) is 13.9 Å². The molecule has 0 aromatic carbocycles. The molecule has 1 saturated carbocycles.